The molecule has 3 aromatic rings. The zero-order valence-corrected chi connectivity index (χ0v) is 24.7. The number of anilines is 1. The van der Waals surface area contributed by atoms with Gasteiger partial charge in [-0.25, -0.2) is 8.42 Å². The second kappa shape index (κ2) is 12.5. The van der Waals surface area contributed by atoms with Crippen LogP contribution < -0.4 is 9.62 Å². The standard InChI is InChI=1S/C31H39N3O4S/c1-21(2)32-31(36)26(7)33(19-27-11-9-8-10-24(27)5)30(35)20-34(28-15-14-23(4)25(6)18-28)39(37,38)29-16-12-22(3)13-17-29/h8-18,21,26H,19-20H2,1-7H3,(H,32,36). The van der Waals surface area contributed by atoms with Crippen LogP contribution in [0.4, 0.5) is 5.69 Å². The van der Waals surface area contributed by atoms with Gasteiger partial charge in [0, 0.05) is 12.6 Å². The third kappa shape index (κ3) is 7.26. The topological polar surface area (TPSA) is 86.8 Å². The Balaban J connectivity index is 2.07. The molecule has 1 atom stereocenters. The molecular weight excluding hydrogens is 510 g/mol. The number of hydrogen-bond donors (Lipinski definition) is 1. The molecule has 0 radical (unpaired) electrons. The molecule has 1 unspecified atom stereocenters. The molecule has 0 fully saturated rings. The maximum atomic E-state index is 14.0. The normalized spacial score (nSPS) is 12.2. The maximum absolute atomic E-state index is 14.0. The van der Waals surface area contributed by atoms with E-state index in [2.05, 4.69) is 5.32 Å². The zero-order valence-electron chi connectivity index (χ0n) is 23.9. The van der Waals surface area contributed by atoms with Crippen LogP contribution in [0.15, 0.2) is 71.6 Å². The Morgan fingerprint density at radius 3 is 2.05 bits per heavy atom. The molecule has 2 amide bonds. The Hall–Kier alpha value is -3.65. The highest BCUT2D eigenvalue weighted by atomic mass is 32.2. The Morgan fingerprint density at radius 2 is 1.46 bits per heavy atom. The summed E-state index contributed by atoms with van der Waals surface area (Å²) in [7, 11) is -4.09. The third-order valence-electron chi connectivity index (χ3n) is 6.87. The van der Waals surface area contributed by atoms with E-state index in [-0.39, 0.29) is 23.4 Å². The smallest absolute Gasteiger partial charge is 0.264 e. The molecule has 0 bridgehead atoms. The van der Waals surface area contributed by atoms with Gasteiger partial charge in [0.1, 0.15) is 12.6 Å². The van der Waals surface area contributed by atoms with Crippen LogP contribution in [0.5, 0.6) is 0 Å². The summed E-state index contributed by atoms with van der Waals surface area (Å²) < 4.78 is 29.0. The lowest BCUT2D eigenvalue weighted by Gasteiger charge is -2.32. The van der Waals surface area contributed by atoms with Crippen LogP contribution in [0.1, 0.15) is 48.6 Å². The Kier molecular flexibility index (Phi) is 9.56. The summed E-state index contributed by atoms with van der Waals surface area (Å²) in [6.07, 6.45) is 0. The summed E-state index contributed by atoms with van der Waals surface area (Å²) in [6.45, 7) is 12.8. The highest BCUT2D eigenvalue weighted by molar-refractivity contribution is 7.92. The van der Waals surface area contributed by atoms with Crippen molar-refractivity contribution in [1.82, 2.24) is 10.2 Å². The van der Waals surface area contributed by atoms with E-state index < -0.39 is 28.5 Å². The lowest BCUT2D eigenvalue weighted by molar-refractivity contribution is -0.139. The number of amides is 2. The van der Waals surface area contributed by atoms with Crippen molar-refractivity contribution in [2.45, 2.75) is 72.0 Å². The highest BCUT2D eigenvalue weighted by Gasteiger charge is 2.33. The van der Waals surface area contributed by atoms with E-state index in [0.717, 1.165) is 32.1 Å². The summed E-state index contributed by atoms with van der Waals surface area (Å²) >= 11 is 0. The maximum Gasteiger partial charge on any atom is 0.264 e. The van der Waals surface area contributed by atoms with E-state index in [9.17, 15) is 18.0 Å². The summed E-state index contributed by atoms with van der Waals surface area (Å²) in [4.78, 5) is 28.6. The minimum atomic E-state index is -4.09. The minimum Gasteiger partial charge on any atom is -0.352 e. The fourth-order valence-electron chi connectivity index (χ4n) is 4.21. The van der Waals surface area contributed by atoms with Crippen molar-refractivity contribution < 1.29 is 18.0 Å². The molecule has 7 nitrogen and oxygen atoms in total. The van der Waals surface area contributed by atoms with E-state index in [1.54, 1.807) is 43.3 Å². The summed E-state index contributed by atoms with van der Waals surface area (Å²) in [5.41, 5.74) is 5.10. The highest BCUT2D eigenvalue weighted by Crippen LogP contribution is 2.27. The number of rotatable bonds is 10. The number of hydrogen-bond acceptors (Lipinski definition) is 4. The zero-order chi connectivity index (χ0) is 28.9. The molecule has 1 N–H and O–H groups in total. The fraction of sp³-hybridized carbons (Fsp3) is 0.355. The lowest BCUT2D eigenvalue weighted by atomic mass is 10.1. The van der Waals surface area contributed by atoms with Crippen molar-refractivity contribution in [2.75, 3.05) is 10.8 Å². The molecule has 3 aromatic carbocycles. The fourth-order valence-corrected chi connectivity index (χ4v) is 5.61. The van der Waals surface area contributed by atoms with Crippen molar-refractivity contribution in [3.8, 4) is 0 Å². The molecule has 3 rings (SSSR count). The molecule has 0 spiro atoms. The Labute approximate surface area is 232 Å². The number of carbonyl (C=O) groups excluding carboxylic acids is 2. The minimum absolute atomic E-state index is 0.0928. The Bertz CT molecular complexity index is 1430. The van der Waals surface area contributed by atoms with Crippen LogP contribution in [0.3, 0.4) is 0 Å². The molecule has 0 aliphatic rings. The molecule has 39 heavy (non-hydrogen) atoms. The van der Waals surface area contributed by atoms with Gasteiger partial charge >= 0.3 is 0 Å². The second-order valence-electron chi connectivity index (χ2n) is 10.4. The summed E-state index contributed by atoms with van der Waals surface area (Å²) in [5, 5.41) is 2.87. The average Bonchev–Trinajstić information content (AvgIpc) is 2.87. The molecular formula is C31H39N3O4S. The molecule has 0 aromatic heterocycles. The summed E-state index contributed by atoms with van der Waals surface area (Å²) in [6, 6.07) is 18.6. The Morgan fingerprint density at radius 1 is 0.821 bits per heavy atom. The van der Waals surface area contributed by atoms with Crippen LogP contribution in [-0.4, -0.2) is 43.8 Å². The molecule has 8 heteroatoms. The van der Waals surface area contributed by atoms with Crippen LogP contribution in [0, 0.1) is 27.7 Å². The molecule has 208 valence electrons. The largest absolute Gasteiger partial charge is 0.352 e. The predicted octanol–water partition coefficient (Wildman–Crippen LogP) is 5.06. The third-order valence-corrected chi connectivity index (χ3v) is 8.65. The van der Waals surface area contributed by atoms with Gasteiger partial charge in [0.05, 0.1) is 10.6 Å². The monoisotopic (exact) mass is 549 g/mol. The number of benzene rings is 3. The van der Waals surface area contributed by atoms with Gasteiger partial charge in [-0.1, -0.05) is 48.0 Å². The number of aryl methyl sites for hydroxylation is 4. The second-order valence-corrected chi connectivity index (χ2v) is 12.2. The van der Waals surface area contributed by atoms with Gasteiger partial charge in [-0.15, -0.1) is 0 Å². The van der Waals surface area contributed by atoms with Gasteiger partial charge in [-0.05, 0) is 95.0 Å². The summed E-state index contributed by atoms with van der Waals surface area (Å²) in [5.74, 6) is -0.773. The van der Waals surface area contributed by atoms with E-state index in [1.165, 1.54) is 4.90 Å². The number of carbonyl (C=O) groups is 2. The van der Waals surface area contributed by atoms with Gasteiger partial charge < -0.3 is 10.2 Å². The lowest BCUT2D eigenvalue weighted by Crippen LogP contribution is -2.52. The van der Waals surface area contributed by atoms with E-state index in [0.29, 0.717) is 5.69 Å². The van der Waals surface area contributed by atoms with Gasteiger partial charge in [-0.2, -0.15) is 0 Å². The van der Waals surface area contributed by atoms with Crippen LogP contribution in [-0.2, 0) is 26.2 Å². The molecule has 0 saturated carbocycles. The van der Waals surface area contributed by atoms with Gasteiger partial charge in [0.15, 0.2) is 0 Å². The van der Waals surface area contributed by atoms with Crippen molar-refractivity contribution in [2.24, 2.45) is 0 Å². The SMILES string of the molecule is Cc1ccc(S(=O)(=O)N(CC(=O)N(Cc2ccccc2C)C(C)C(=O)NC(C)C)c2ccc(C)c(C)c2)cc1. The quantitative estimate of drug-likeness (QED) is 0.383. The van der Waals surface area contributed by atoms with Crippen molar-refractivity contribution in [3.05, 3.63) is 94.5 Å². The van der Waals surface area contributed by atoms with Crippen molar-refractivity contribution in [3.63, 3.8) is 0 Å². The van der Waals surface area contributed by atoms with Crippen LogP contribution >= 0.6 is 0 Å². The van der Waals surface area contributed by atoms with Crippen molar-refractivity contribution >= 4 is 27.5 Å². The predicted molar refractivity (Wildman–Crippen MR) is 156 cm³/mol. The molecule has 0 aliphatic carbocycles. The number of sulfonamides is 1. The van der Waals surface area contributed by atoms with Gasteiger partial charge in [0.2, 0.25) is 11.8 Å². The van der Waals surface area contributed by atoms with Gasteiger partial charge in [-0.3, -0.25) is 13.9 Å². The van der Waals surface area contributed by atoms with E-state index in [4.69, 9.17) is 0 Å². The number of nitrogens with one attached hydrogen (secondary N) is 1. The van der Waals surface area contributed by atoms with E-state index >= 15 is 0 Å². The first-order chi connectivity index (χ1) is 18.3. The number of nitrogens with zero attached hydrogens (tertiary/aromatic N) is 2. The molecule has 0 saturated heterocycles. The van der Waals surface area contributed by atoms with Crippen molar-refractivity contribution in [1.29, 1.82) is 0 Å². The first-order valence-electron chi connectivity index (χ1n) is 13.1. The first-order valence-corrected chi connectivity index (χ1v) is 14.6. The van der Waals surface area contributed by atoms with E-state index in [1.807, 2.05) is 71.9 Å². The van der Waals surface area contributed by atoms with Gasteiger partial charge in [0.25, 0.3) is 10.0 Å². The first kappa shape index (κ1) is 29.9. The average molecular weight is 550 g/mol. The van der Waals surface area contributed by atoms with Crippen LogP contribution in [0.25, 0.3) is 0 Å². The molecule has 0 aliphatic heterocycles. The molecule has 0 heterocycles. The van der Waals surface area contributed by atoms with Crippen LogP contribution in [0.2, 0.25) is 0 Å².